The van der Waals surface area contributed by atoms with Gasteiger partial charge >= 0.3 is 6.03 Å². The maximum Gasteiger partial charge on any atom is 0.325 e. The van der Waals surface area contributed by atoms with Gasteiger partial charge in [0.1, 0.15) is 0 Å². The third-order valence-corrected chi connectivity index (χ3v) is 4.21. The summed E-state index contributed by atoms with van der Waals surface area (Å²) in [5.41, 5.74) is 0.998. The van der Waals surface area contributed by atoms with E-state index in [0.717, 1.165) is 12.2 Å². The summed E-state index contributed by atoms with van der Waals surface area (Å²) in [5, 5.41) is 0. The molecule has 1 aromatic carbocycles. The first-order valence-electron chi connectivity index (χ1n) is 7.43. The predicted octanol–water partition coefficient (Wildman–Crippen LogP) is 3.53. The smallest absolute Gasteiger partial charge is 0.318 e. The van der Waals surface area contributed by atoms with Crippen molar-refractivity contribution in [2.75, 3.05) is 11.4 Å². The number of hydrogen-bond donors (Lipinski definition) is 0. The molecule has 1 aliphatic carbocycles. The van der Waals surface area contributed by atoms with E-state index in [4.69, 9.17) is 0 Å². The van der Waals surface area contributed by atoms with E-state index in [1.807, 2.05) is 35.2 Å². The fraction of sp³-hybridized carbons (Fsp3) is 0.471. The van der Waals surface area contributed by atoms with Gasteiger partial charge in [0.25, 0.3) is 0 Å². The number of anilines is 1. The van der Waals surface area contributed by atoms with Crippen LogP contribution in [0.4, 0.5) is 10.5 Å². The SMILES string of the molecule is CC(C)CN1C(=O)N(c2ccccc2)[C@H]2C=C[C@H](C)C21. The maximum absolute atomic E-state index is 12.8. The van der Waals surface area contributed by atoms with Gasteiger partial charge in [-0.15, -0.1) is 0 Å². The Balaban J connectivity index is 1.96. The molecule has 1 aliphatic heterocycles. The number of amides is 2. The molecule has 3 atom stereocenters. The van der Waals surface area contributed by atoms with Crippen molar-refractivity contribution in [2.45, 2.75) is 32.9 Å². The summed E-state index contributed by atoms with van der Waals surface area (Å²) in [6.45, 7) is 7.37. The normalized spacial score (nSPS) is 28.6. The number of rotatable bonds is 3. The minimum absolute atomic E-state index is 0.149. The summed E-state index contributed by atoms with van der Waals surface area (Å²) >= 11 is 0. The standard InChI is InChI=1S/C17H22N2O/c1-12(2)11-18-16-13(3)9-10-15(16)19(17(18)20)14-7-5-4-6-8-14/h4-10,12-13,15-16H,11H2,1-3H3/t13-,15-,16?/m0/s1. The third kappa shape index (κ3) is 2.01. The number of para-hydroxylation sites is 1. The van der Waals surface area contributed by atoms with Gasteiger partial charge in [-0.05, 0) is 24.0 Å². The molecule has 1 aromatic rings. The van der Waals surface area contributed by atoms with Crippen LogP contribution >= 0.6 is 0 Å². The highest BCUT2D eigenvalue weighted by Crippen LogP contribution is 2.37. The lowest BCUT2D eigenvalue weighted by atomic mass is 10.0. The van der Waals surface area contributed by atoms with Crippen molar-refractivity contribution in [3.63, 3.8) is 0 Å². The molecule has 0 spiro atoms. The number of fused-ring (bicyclic) bond motifs is 1. The van der Waals surface area contributed by atoms with Gasteiger partial charge in [-0.1, -0.05) is 51.1 Å². The molecule has 20 heavy (non-hydrogen) atoms. The zero-order valence-electron chi connectivity index (χ0n) is 12.4. The van der Waals surface area contributed by atoms with E-state index < -0.39 is 0 Å². The van der Waals surface area contributed by atoms with Gasteiger partial charge in [-0.25, -0.2) is 4.79 Å². The Morgan fingerprint density at radius 1 is 1.15 bits per heavy atom. The van der Waals surface area contributed by atoms with Crippen LogP contribution in [0.25, 0.3) is 0 Å². The van der Waals surface area contributed by atoms with Crippen LogP contribution < -0.4 is 4.90 Å². The largest absolute Gasteiger partial charge is 0.325 e. The quantitative estimate of drug-likeness (QED) is 0.771. The van der Waals surface area contributed by atoms with Gasteiger partial charge in [0.15, 0.2) is 0 Å². The Morgan fingerprint density at radius 3 is 2.50 bits per heavy atom. The first kappa shape index (κ1) is 13.2. The number of benzene rings is 1. The summed E-state index contributed by atoms with van der Waals surface area (Å²) in [7, 11) is 0. The zero-order chi connectivity index (χ0) is 14.3. The fourth-order valence-corrected chi connectivity index (χ4v) is 3.39. The van der Waals surface area contributed by atoms with E-state index in [2.05, 4.69) is 37.8 Å². The van der Waals surface area contributed by atoms with E-state index >= 15 is 0 Å². The molecule has 0 radical (unpaired) electrons. The van der Waals surface area contributed by atoms with Crippen molar-refractivity contribution in [1.82, 2.24) is 4.90 Å². The monoisotopic (exact) mass is 270 g/mol. The van der Waals surface area contributed by atoms with Crippen molar-refractivity contribution in [2.24, 2.45) is 11.8 Å². The second-order valence-electron chi connectivity index (χ2n) is 6.26. The van der Waals surface area contributed by atoms with Crippen LogP contribution in [0.3, 0.4) is 0 Å². The first-order chi connectivity index (χ1) is 9.59. The number of hydrogen-bond acceptors (Lipinski definition) is 1. The Labute approximate surface area is 120 Å². The van der Waals surface area contributed by atoms with Gasteiger partial charge < -0.3 is 4.90 Å². The molecule has 3 nitrogen and oxygen atoms in total. The summed E-state index contributed by atoms with van der Waals surface area (Å²) in [6.07, 6.45) is 4.44. The molecular weight excluding hydrogens is 248 g/mol. The average Bonchev–Trinajstić information content (AvgIpc) is 2.91. The summed E-state index contributed by atoms with van der Waals surface area (Å²) in [5.74, 6) is 0.916. The third-order valence-electron chi connectivity index (χ3n) is 4.21. The molecule has 0 aromatic heterocycles. The molecule has 0 saturated carbocycles. The Bertz CT molecular complexity index is 523. The minimum atomic E-state index is 0.149. The lowest BCUT2D eigenvalue weighted by molar-refractivity contribution is 0.185. The molecule has 1 fully saturated rings. The first-order valence-corrected chi connectivity index (χ1v) is 7.43. The lowest BCUT2D eigenvalue weighted by Crippen LogP contribution is -2.40. The van der Waals surface area contributed by atoms with Crippen molar-refractivity contribution < 1.29 is 4.79 Å². The van der Waals surface area contributed by atoms with Crippen molar-refractivity contribution >= 4 is 11.7 Å². The molecule has 1 heterocycles. The van der Waals surface area contributed by atoms with Crippen LogP contribution in [0.15, 0.2) is 42.5 Å². The Morgan fingerprint density at radius 2 is 1.85 bits per heavy atom. The van der Waals surface area contributed by atoms with Crippen LogP contribution in [0.5, 0.6) is 0 Å². The average molecular weight is 270 g/mol. The second kappa shape index (κ2) is 4.97. The summed E-state index contributed by atoms with van der Waals surface area (Å²) in [6, 6.07) is 10.6. The lowest BCUT2D eigenvalue weighted by Gasteiger charge is -2.27. The maximum atomic E-state index is 12.8. The highest BCUT2D eigenvalue weighted by atomic mass is 16.2. The van der Waals surface area contributed by atoms with E-state index in [9.17, 15) is 4.79 Å². The number of urea groups is 1. The van der Waals surface area contributed by atoms with Crippen LogP contribution in [0, 0.1) is 11.8 Å². The number of carbonyl (C=O) groups is 1. The molecule has 1 saturated heterocycles. The van der Waals surface area contributed by atoms with Gasteiger partial charge in [0.2, 0.25) is 0 Å². The summed E-state index contributed by atoms with van der Waals surface area (Å²) in [4.78, 5) is 16.8. The van der Waals surface area contributed by atoms with Crippen molar-refractivity contribution in [3.05, 3.63) is 42.5 Å². The molecule has 2 aliphatic rings. The fourth-order valence-electron chi connectivity index (χ4n) is 3.39. The minimum Gasteiger partial charge on any atom is -0.318 e. The molecule has 1 unspecified atom stereocenters. The topological polar surface area (TPSA) is 23.6 Å². The summed E-state index contributed by atoms with van der Waals surface area (Å²) < 4.78 is 0. The highest BCUT2D eigenvalue weighted by molar-refractivity contribution is 5.96. The zero-order valence-corrected chi connectivity index (χ0v) is 12.4. The molecule has 106 valence electrons. The van der Waals surface area contributed by atoms with Crippen LogP contribution in [-0.4, -0.2) is 29.6 Å². The number of nitrogens with zero attached hydrogens (tertiary/aromatic N) is 2. The van der Waals surface area contributed by atoms with Gasteiger partial charge in [-0.3, -0.25) is 4.90 Å². The van der Waals surface area contributed by atoms with E-state index in [0.29, 0.717) is 11.8 Å². The number of carbonyl (C=O) groups excluding carboxylic acids is 1. The van der Waals surface area contributed by atoms with E-state index in [1.54, 1.807) is 0 Å². The van der Waals surface area contributed by atoms with Gasteiger partial charge in [0.05, 0.1) is 12.1 Å². The Hall–Kier alpha value is -1.77. The van der Waals surface area contributed by atoms with Crippen LogP contribution in [-0.2, 0) is 0 Å². The van der Waals surface area contributed by atoms with Crippen LogP contribution in [0.2, 0.25) is 0 Å². The predicted molar refractivity (Wildman–Crippen MR) is 81.7 cm³/mol. The molecule has 0 bridgehead atoms. The molecule has 0 N–H and O–H groups in total. The van der Waals surface area contributed by atoms with Crippen molar-refractivity contribution in [3.8, 4) is 0 Å². The second-order valence-corrected chi connectivity index (χ2v) is 6.26. The molecular formula is C17H22N2O. The molecule has 3 rings (SSSR count). The van der Waals surface area contributed by atoms with Crippen molar-refractivity contribution in [1.29, 1.82) is 0 Å². The Kier molecular flexibility index (Phi) is 3.28. The molecule has 2 amide bonds. The van der Waals surface area contributed by atoms with Gasteiger partial charge in [0, 0.05) is 12.2 Å². The highest BCUT2D eigenvalue weighted by Gasteiger charge is 2.49. The molecule has 3 heteroatoms. The van der Waals surface area contributed by atoms with E-state index in [-0.39, 0.29) is 18.1 Å². The van der Waals surface area contributed by atoms with Gasteiger partial charge in [-0.2, -0.15) is 0 Å². The van der Waals surface area contributed by atoms with Crippen LogP contribution in [0.1, 0.15) is 20.8 Å². The van der Waals surface area contributed by atoms with E-state index in [1.165, 1.54) is 0 Å².